The van der Waals surface area contributed by atoms with Crippen LogP contribution in [-0.2, 0) is 9.59 Å². The molecule has 2 N–H and O–H groups in total. The van der Waals surface area contributed by atoms with E-state index in [0.29, 0.717) is 24.4 Å². The number of likely N-dealkylation sites (tertiary alicyclic amines) is 1. The molecule has 1 atom stereocenters. The highest BCUT2D eigenvalue weighted by Crippen LogP contribution is 2.40. The SMILES string of the molecule is COc1ccc(C(O)=C2C(=O)C(=O)N(CCN(C)C)C2c2cccnc2)c(O)c1. The quantitative estimate of drug-likeness (QED) is 0.435. The van der Waals surface area contributed by atoms with Gasteiger partial charge in [0.2, 0.25) is 0 Å². The number of carbonyl (C=O) groups excluding carboxylic acids is 2. The van der Waals surface area contributed by atoms with Gasteiger partial charge in [-0.15, -0.1) is 0 Å². The Kier molecular flexibility index (Phi) is 5.84. The fourth-order valence-electron chi connectivity index (χ4n) is 3.29. The Morgan fingerprint density at radius 3 is 2.62 bits per heavy atom. The molecular formula is C21H23N3O5. The number of phenols is 1. The third kappa shape index (κ3) is 3.93. The monoisotopic (exact) mass is 397 g/mol. The standard InChI is InChI=1S/C21H23N3O5/c1-23(2)9-10-24-18(13-5-4-8-22-12-13)17(20(27)21(24)28)19(26)15-7-6-14(29-3)11-16(15)25/h4-8,11-12,18,25-26H,9-10H2,1-3H3. The Morgan fingerprint density at radius 2 is 2.03 bits per heavy atom. The lowest BCUT2D eigenvalue weighted by Gasteiger charge is -2.26. The fraction of sp³-hybridized carbons (Fsp3) is 0.286. The number of hydrogen-bond acceptors (Lipinski definition) is 7. The molecule has 1 unspecified atom stereocenters. The smallest absolute Gasteiger partial charge is 0.295 e. The van der Waals surface area contributed by atoms with E-state index in [0.717, 1.165) is 0 Å². The second kappa shape index (κ2) is 8.32. The number of aromatic nitrogens is 1. The Hall–Kier alpha value is -3.39. The van der Waals surface area contributed by atoms with Gasteiger partial charge in [-0.05, 0) is 37.9 Å². The van der Waals surface area contributed by atoms with Gasteiger partial charge < -0.3 is 24.7 Å². The molecule has 8 heteroatoms. The van der Waals surface area contributed by atoms with E-state index in [1.807, 2.05) is 19.0 Å². The fourth-order valence-corrected chi connectivity index (χ4v) is 3.29. The summed E-state index contributed by atoms with van der Waals surface area (Å²) in [5.41, 5.74) is 0.563. The van der Waals surface area contributed by atoms with Crippen LogP contribution < -0.4 is 4.74 Å². The van der Waals surface area contributed by atoms with E-state index in [1.165, 1.54) is 24.1 Å². The first kappa shape index (κ1) is 20.3. The van der Waals surface area contributed by atoms with Crippen molar-refractivity contribution in [3.05, 3.63) is 59.4 Å². The van der Waals surface area contributed by atoms with Crippen molar-refractivity contribution in [1.82, 2.24) is 14.8 Å². The Bertz CT molecular complexity index is 956. The lowest BCUT2D eigenvalue weighted by atomic mass is 9.96. The van der Waals surface area contributed by atoms with E-state index in [1.54, 1.807) is 30.6 Å². The van der Waals surface area contributed by atoms with Crippen LogP contribution in [0.4, 0.5) is 0 Å². The first-order valence-corrected chi connectivity index (χ1v) is 9.05. The molecule has 3 rings (SSSR count). The van der Waals surface area contributed by atoms with Gasteiger partial charge in [0.15, 0.2) is 0 Å². The van der Waals surface area contributed by atoms with Crippen molar-refractivity contribution in [3.63, 3.8) is 0 Å². The first-order chi connectivity index (χ1) is 13.8. The minimum absolute atomic E-state index is 0.0466. The van der Waals surface area contributed by atoms with Crippen molar-refractivity contribution in [2.24, 2.45) is 0 Å². The van der Waals surface area contributed by atoms with Crippen molar-refractivity contribution in [2.45, 2.75) is 6.04 Å². The summed E-state index contributed by atoms with van der Waals surface area (Å²) in [5.74, 6) is -1.80. The number of phenolic OH excluding ortho intramolecular Hbond substituents is 1. The van der Waals surface area contributed by atoms with Gasteiger partial charge in [0.1, 0.15) is 17.3 Å². The summed E-state index contributed by atoms with van der Waals surface area (Å²) in [5, 5.41) is 21.2. The second-order valence-electron chi connectivity index (χ2n) is 6.97. The van der Waals surface area contributed by atoms with Gasteiger partial charge in [-0.25, -0.2) is 0 Å². The lowest BCUT2D eigenvalue weighted by Crippen LogP contribution is -2.35. The molecule has 0 saturated carbocycles. The number of amides is 1. The Balaban J connectivity index is 2.15. The minimum atomic E-state index is -0.801. The number of aliphatic hydroxyl groups excluding tert-OH is 1. The molecule has 152 valence electrons. The number of nitrogens with zero attached hydrogens (tertiary/aromatic N) is 3. The van der Waals surface area contributed by atoms with Crippen LogP contribution in [0.3, 0.4) is 0 Å². The molecule has 29 heavy (non-hydrogen) atoms. The predicted octanol–water partition coefficient (Wildman–Crippen LogP) is 1.78. The van der Waals surface area contributed by atoms with Gasteiger partial charge in [-0.2, -0.15) is 0 Å². The van der Waals surface area contributed by atoms with E-state index >= 15 is 0 Å². The zero-order chi connectivity index (χ0) is 21.1. The highest BCUT2D eigenvalue weighted by molar-refractivity contribution is 6.46. The molecule has 8 nitrogen and oxygen atoms in total. The van der Waals surface area contributed by atoms with Crippen molar-refractivity contribution >= 4 is 17.4 Å². The van der Waals surface area contributed by atoms with Gasteiger partial charge in [0, 0.05) is 31.5 Å². The van der Waals surface area contributed by atoms with Crippen molar-refractivity contribution < 1.29 is 24.5 Å². The van der Waals surface area contributed by atoms with E-state index < -0.39 is 23.5 Å². The predicted molar refractivity (Wildman–Crippen MR) is 106 cm³/mol. The average Bonchev–Trinajstić information content (AvgIpc) is 2.97. The van der Waals surface area contributed by atoms with E-state index in [-0.39, 0.29) is 16.9 Å². The molecule has 0 spiro atoms. The Morgan fingerprint density at radius 1 is 1.28 bits per heavy atom. The molecule has 2 heterocycles. The summed E-state index contributed by atoms with van der Waals surface area (Å²) >= 11 is 0. The van der Waals surface area contributed by atoms with Crippen LogP contribution >= 0.6 is 0 Å². The van der Waals surface area contributed by atoms with E-state index in [2.05, 4.69) is 4.98 Å². The molecule has 1 aromatic carbocycles. The van der Waals surface area contributed by atoms with E-state index in [9.17, 15) is 19.8 Å². The summed E-state index contributed by atoms with van der Waals surface area (Å²) in [6, 6.07) is 6.97. The molecular weight excluding hydrogens is 374 g/mol. The number of rotatable bonds is 6. The van der Waals surface area contributed by atoms with Crippen LogP contribution in [0, 0.1) is 0 Å². The number of likely N-dealkylation sites (N-methyl/N-ethyl adjacent to an activating group) is 1. The molecule has 1 amide bonds. The molecule has 0 bridgehead atoms. The lowest BCUT2D eigenvalue weighted by molar-refractivity contribution is -0.140. The van der Waals surface area contributed by atoms with Crippen molar-refractivity contribution in [3.8, 4) is 11.5 Å². The molecule has 2 aromatic rings. The van der Waals surface area contributed by atoms with Crippen LogP contribution in [0.25, 0.3) is 5.76 Å². The minimum Gasteiger partial charge on any atom is -0.507 e. The maximum atomic E-state index is 12.8. The van der Waals surface area contributed by atoms with Crippen LogP contribution in [0.1, 0.15) is 17.2 Å². The molecule has 1 fully saturated rings. The summed E-state index contributed by atoms with van der Waals surface area (Å²) in [6.45, 7) is 0.833. The van der Waals surface area contributed by atoms with Gasteiger partial charge in [-0.1, -0.05) is 6.07 Å². The molecule has 1 aromatic heterocycles. The number of Topliss-reactive ketones (excluding diaryl/α,β-unsaturated/α-hetero) is 1. The molecule has 0 aliphatic carbocycles. The average molecular weight is 397 g/mol. The van der Waals surface area contributed by atoms with Crippen LogP contribution in [0.2, 0.25) is 0 Å². The maximum absolute atomic E-state index is 12.8. The zero-order valence-corrected chi connectivity index (χ0v) is 16.5. The number of aliphatic hydroxyl groups is 1. The summed E-state index contributed by atoms with van der Waals surface area (Å²) < 4.78 is 5.06. The molecule has 1 aliphatic rings. The van der Waals surface area contributed by atoms with Crippen LogP contribution in [0.15, 0.2) is 48.3 Å². The highest BCUT2D eigenvalue weighted by atomic mass is 16.5. The number of benzene rings is 1. The number of pyridine rings is 1. The largest absolute Gasteiger partial charge is 0.507 e. The topological polar surface area (TPSA) is 103 Å². The van der Waals surface area contributed by atoms with Gasteiger partial charge in [0.05, 0.1) is 24.3 Å². The molecule has 1 aliphatic heterocycles. The summed E-state index contributed by atoms with van der Waals surface area (Å²) in [4.78, 5) is 33.0. The van der Waals surface area contributed by atoms with Gasteiger partial charge in [0.25, 0.3) is 11.7 Å². The molecule has 0 radical (unpaired) electrons. The number of aromatic hydroxyl groups is 1. The van der Waals surface area contributed by atoms with Gasteiger partial charge in [-0.3, -0.25) is 14.6 Å². The third-order valence-corrected chi connectivity index (χ3v) is 4.79. The van der Waals surface area contributed by atoms with E-state index in [4.69, 9.17) is 4.74 Å². The number of hydrogen-bond donors (Lipinski definition) is 2. The number of ether oxygens (including phenoxy) is 1. The summed E-state index contributed by atoms with van der Waals surface area (Å²) in [7, 11) is 5.18. The van der Waals surface area contributed by atoms with Crippen LogP contribution in [0.5, 0.6) is 11.5 Å². The Labute approximate surface area is 168 Å². The maximum Gasteiger partial charge on any atom is 0.295 e. The second-order valence-corrected chi connectivity index (χ2v) is 6.97. The highest BCUT2D eigenvalue weighted by Gasteiger charge is 2.46. The number of methoxy groups -OCH3 is 1. The number of ketones is 1. The summed E-state index contributed by atoms with van der Waals surface area (Å²) in [6.07, 6.45) is 3.14. The zero-order valence-electron chi connectivity index (χ0n) is 16.5. The van der Waals surface area contributed by atoms with Crippen molar-refractivity contribution in [1.29, 1.82) is 0 Å². The molecule has 1 saturated heterocycles. The van der Waals surface area contributed by atoms with Gasteiger partial charge >= 0.3 is 0 Å². The van der Waals surface area contributed by atoms with Crippen LogP contribution in [-0.4, -0.2) is 71.0 Å². The first-order valence-electron chi connectivity index (χ1n) is 9.05. The number of carbonyl (C=O) groups is 2. The van der Waals surface area contributed by atoms with Crippen molar-refractivity contribution in [2.75, 3.05) is 34.3 Å². The third-order valence-electron chi connectivity index (χ3n) is 4.79. The normalized spacial score (nSPS) is 18.5.